The van der Waals surface area contributed by atoms with Gasteiger partial charge in [0.05, 0.1) is 0 Å². The molecular weight excluding hydrogens is 266 g/mol. The van der Waals surface area contributed by atoms with E-state index in [4.69, 9.17) is 0 Å². The van der Waals surface area contributed by atoms with Crippen molar-refractivity contribution >= 4 is 34.1 Å². The van der Waals surface area contributed by atoms with Gasteiger partial charge in [-0.2, -0.15) is 0 Å². The lowest BCUT2D eigenvalue weighted by Crippen LogP contribution is -2.14. The Morgan fingerprint density at radius 3 is 3.11 bits per heavy atom. The van der Waals surface area contributed by atoms with Crippen molar-refractivity contribution in [3.63, 3.8) is 0 Å². The SMILES string of the molecule is C=CCSc1nnc(NC(=O)[C@@H]2C[C@H]2C2CC2)s1. The number of anilines is 1. The van der Waals surface area contributed by atoms with Crippen molar-refractivity contribution in [2.75, 3.05) is 11.1 Å². The molecule has 2 aliphatic rings. The highest BCUT2D eigenvalue weighted by Crippen LogP contribution is 2.54. The summed E-state index contributed by atoms with van der Waals surface area (Å²) >= 11 is 3.02. The number of amides is 1. The fourth-order valence-corrected chi connectivity index (χ4v) is 3.72. The summed E-state index contributed by atoms with van der Waals surface area (Å²) < 4.78 is 0.875. The lowest BCUT2D eigenvalue weighted by molar-refractivity contribution is -0.117. The molecule has 0 bridgehead atoms. The van der Waals surface area contributed by atoms with Crippen LogP contribution in [0.15, 0.2) is 17.0 Å². The molecule has 0 saturated heterocycles. The van der Waals surface area contributed by atoms with Gasteiger partial charge in [0, 0.05) is 11.7 Å². The van der Waals surface area contributed by atoms with E-state index in [1.54, 1.807) is 11.8 Å². The lowest BCUT2D eigenvalue weighted by atomic mass is 10.2. The summed E-state index contributed by atoms with van der Waals surface area (Å²) in [6, 6.07) is 0. The van der Waals surface area contributed by atoms with E-state index >= 15 is 0 Å². The maximum Gasteiger partial charge on any atom is 0.229 e. The first-order valence-corrected chi connectivity index (χ1v) is 7.96. The number of aromatic nitrogens is 2. The molecule has 2 aliphatic carbocycles. The first kappa shape index (κ1) is 12.2. The molecular formula is C12H15N3OS2. The summed E-state index contributed by atoms with van der Waals surface area (Å²) in [5, 5.41) is 11.5. The zero-order valence-corrected chi connectivity index (χ0v) is 11.6. The zero-order chi connectivity index (χ0) is 12.5. The number of hydrogen-bond acceptors (Lipinski definition) is 5. The van der Waals surface area contributed by atoms with Crippen LogP contribution in [0.2, 0.25) is 0 Å². The molecule has 2 atom stereocenters. The van der Waals surface area contributed by atoms with Crippen molar-refractivity contribution in [1.82, 2.24) is 10.2 Å². The molecule has 0 unspecified atom stereocenters. The standard InChI is InChI=1S/C12H15N3OS2/c1-2-5-17-12-15-14-11(18-12)13-10(16)9-6-8(9)7-3-4-7/h2,7-9H,1,3-6H2,(H,13,14,16)/t8-,9+/m0/s1. The van der Waals surface area contributed by atoms with E-state index in [0.29, 0.717) is 11.0 Å². The Labute approximate surface area is 114 Å². The second-order valence-electron chi connectivity index (χ2n) is 4.81. The van der Waals surface area contributed by atoms with Gasteiger partial charge < -0.3 is 5.32 Å². The summed E-state index contributed by atoms with van der Waals surface area (Å²) in [4.78, 5) is 11.9. The van der Waals surface area contributed by atoms with Crippen molar-refractivity contribution in [2.24, 2.45) is 17.8 Å². The molecule has 0 radical (unpaired) electrons. The molecule has 0 aromatic carbocycles. The molecule has 18 heavy (non-hydrogen) atoms. The van der Waals surface area contributed by atoms with Crippen LogP contribution in [0.5, 0.6) is 0 Å². The van der Waals surface area contributed by atoms with E-state index in [2.05, 4.69) is 22.1 Å². The summed E-state index contributed by atoms with van der Waals surface area (Å²) in [5.74, 6) is 2.64. The van der Waals surface area contributed by atoms with Gasteiger partial charge in [-0.15, -0.1) is 16.8 Å². The number of carbonyl (C=O) groups is 1. The fraction of sp³-hybridized carbons (Fsp3) is 0.583. The van der Waals surface area contributed by atoms with Crippen LogP contribution in [0.4, 0.5) is 5.13 Å². The largest absolute Gasteiger partial charge is 0.300 e. The third-order valence-corrected chi connectivity index (χ3v) is 5.33. The van der Waals surface area contributed by atoms with Gasteiger partial charge in [0.1, 0.15) is 0 Å². The summed E-state index contributed by atoms with van der Waals surface area (Å²) in [6.07, 6.45) is 5.52. The van der Waals surface area contributed by atoms with E-state index in [0.717, 1.165) is 22.4 Å². The Morgan fingerprint density at radius 2 is 2.39 bits per heavy atom. The van der Waals surface area contributed by atoms with E-state index in [-0.39, 0.29) is 11.8 Å². The average molecular weight is 281 g/mol. The number of nitrogens with zero attached hydrogens (tertiary/aromatic N) is 2. The van der Waals surface area contributed by atoms with Crippen molar-refractivity contribution in [3.05, 3.63) is 12.7 Å². The molecule has 4 nitrogen and oxygen atoms in total. The molecule has 1 heterocycles. The van der Waals surface area contributed by atoms with Gasteiger partial charge >= 0.3 is 0 Å². The van der Waals surface area contributed by atoms with Gasteiger partial charge in [-0.05, 0) is 31.1 Å². The highest BCUT2D eigenvalue weighted by Gasteiger charge is 2.51. The van der Waals surface area contributed by atoms with E-state index < -0.39 is 0 Å². The third-order valence-electron chi connectivity index (χ3n) is 3.37. The van der Waals surface area contributed by atoms with E-state index in [9.17, 15) is 4.79 Å². The van der Waals surface area contributed by atoms with Crippen molar-refractivity contribution in [2.45, 2.75) is 23.6 Å². The van der Waals surface area contributed by atoms with Crippen LogP contribution in [0.3, 0.4) is 0 Å². The van der Waals surface area contributed by atoms with E-state index in [1.165, 1.54) is 24.2 Å². The molecule has 2 fully saturated rings. The van der Waals surface area contributed by atoms with Gasteiger partial charge in [0.2, 0.25) is 11.0 Å². The smallest absolute Gasteiger partial charge is 0.229 e. The molecule has 6 heteroatoms. The minimum Gasteiger partial charge on any atom is -0.300 e. The summed E-state index contributed by atoms with van der Waals surface area (Å²) in [5.41, 5.74) is 0. The van der Waals surface area contributed by atoms with Gasteiger partial charge in [0.15, 0.2) is 4.34 Å². The van der Waals surface area contributed by atoms with Crippen LogP contribution in [0.1, 0.15) is 19.3 Å². The normalized spacial score (nSPS) is 25.8. The first-order valence-electron chi connectivity index (χ1n) is 6.16. The summed E-state index contributed by atoms with van der Waals surface area (Å²) in [6.45, 7) is 3.66. The van der Waals surface area contributed by atoms with Crippen LogP contribution < -0.4 is 5.32 Å². The third kappa shape index (κ3) is 2.75. The van der Waals surface area contributed by atoms with Crippen LogP contribution >= 0.6 is 23.1 Å². The molecule has 1 aromatic heterocycles. The Bertz CT molecular complexity index is 470. The molecule has 1 aromatic rings. The average Bonchev–Trinajstić information content (AvgIpc) is 3.22. The number of hydrogen-bond donors (Lipinski definition) is 1. The number of nitrogens with one attached hydrogen (secondary N) is 1. The highest BCUT2D eigenvalue weighted by atomic mass is 32.2. The Hall–Kier alpha value is -0.880. The molecule has 1 N–H and O–H groups in total. The van der Waals surface area contributed by atoms with Gasteiger partial charge in [-0.3, -0.25) is 4.79 Å². The quantitative estimate of drug-likeness (QED) is 0.495. The Kier molecular flexibility index (Phi) is 3.39. The minimum atomic E-state index is 0.128. The molecule has 0 aliphatic heterocycles. The molecule has 0 spiro atoms. The number of thioether (sulfide) groups is 1. The highest BCUT2D eigenvalue weighted by molar-refractivity contribution is 8.01. The first-order chi connectivity index (χ1) is 8.78. The minimum absolute atomic E-state index is 0.128. The topological polar surface area (TPSA) is 54.9 Å². The van der Waals surface area contributed by atoms with Crippen molar-refractivity contribution < 1.29 is 4.79 Å². The maximum atomic E-state index is 11.9. The molecule has 2 saturated carbocycles. The molecule has 3 rings (SSSR count). The van der Waals surface area contributed by atoms with Crippen molar-refractivity contribution in [1.29, 1.82) is 0 Å². The Morgan fingerprint density at radius 1 is 1.56 bits per heavy atom. The van der Waals surface area contributed by atoms with Crippen LogP contribution in [-0.4, -0.2) is 21.9 Å². The van der Waals surface area contributed by atoms with Gasteiger partial charge in [-0.1, -0.05) is 29.2 Å². The van der Waals surface area contributed by atoms with Crippen molar-refractivity contribution in [3.8, 4) is 0 Å². The number of rotatable bonds is 6. The fourth-order valence-electron chi connectivity index (χ4n) is 2.21. The monoisotopic (exact) mass is 281 g/mol. The van der Waals surface area contributed by atoms with Gasteiger partial charge in [-0.25, -0.2) is 0 Å². The number of carbonyl (C=O) groups excluding carboxylic acids is 1. The van der Waals surface area contributed by atoms with E-state index in [1.807, 2.05) is 6.08 Å². The predicted molar refractivity (Wildman–Crippen MR) is 73.8 cm³/mol. The maximum absolute atomic E-state index is 11.9. The molecule has 1 amide bonds. The zero-order valence-electron chi connectivity index (χ0n) is 9.96. The second-order valence-corrected chi connectivity index (χ2v) is 7.05. The second kappa shape index (κ2) is 5.01. The molecule has 96 valence electrons. The van der Waals surface area contributed by atoms with Crippen LogP contribution in [0, 0.1) is 17.8 Å². The Balaban J connectivity index is 1.51. The van der Waals surface area contributed by atoms with Gasteiger partial charge in [0.25, 0.3) is 0 Å². The van der Waals surface area contributed by atoms with Crippen LogP contribution in [-0.2, 0) is 4.79 Å². The van der Waals surface area contributed by atoms with Crippen LogP contribution in [0.25, 0.3) is 0 Å². The predicted octanol–water partition coefficient (Wildman–Crippen LogP) is 2.80. The summed E-state index contributed by atoms with van der Waals surface area (Å²) in [7, 11) is 0. The lowest BCUT2D eigenvalue weighted by Gasteiger charge is -1.98.